The Morgan fingerprint density at radius 3 is 2.60 bits per heavy atom. The predicted molar refractivity (Wildman–Crippen MR) is 74.4 cm³/mol. The summed E-state index contributed by atoms with van der Waals surface area (Å²) in [7, 11) is 0. The van der Waals surface area contributed by atoms with E-state index in [9.17, 15) is 18.0 Å². The summed E-state index contributed by atoms with van der Waals surface area (Å²) in [5.41, 5.74) is 0.919. The molecule has 0 bridgehead atoms. The number of anilines is 1. The molecule has 0 saturated heterocycles. The van der Waals surface area contributed by atoms with Crippen LogP contribution in [0.1, 0.15) is 19.4 Å². The van der Waals surface area contributed by atoms with Crippen molar-refractivity contribution in [2.45, 2.75) is 31.3 Å². The maximum absolute atomic E-state index is 12.2. The monoisotopic (exact) mass is 353 g/mol. The fraction of sp³-hybridized carbons (Fsp3) is 0.462. The van der Waals surface area contributed by atoms with Crippen LogP contribution in [0.3, 0.4) is 0 Å². The Morgan fingerprint density at radius 1 is 1.45 bits per heavy atom. The van der Waals surface area contributed by atoms with Gasteiger partial charge >= 0.3 is 12.1 Å². The molecular weight excluding hydrogens is 339 g/mol. The van der Waals surface area contributed by atoms with Gasteiger partial charge in [-0.05, 0) is 31.0 Å². The van der Waals surface area contributed by atoms with Crippen LogP contribution in [0.25, 0.3) is 0 Å². The zero-order valence-electron chi connectivity index (χ0n) is 11.1. The lowest BCUT2D eigenvalue weighted by atomic mass is 10.1. The van der Waals surface area contributed by atoms with Crippen LogP contribution in [0.5, 0.6) is 5.75 Å². The van der Waals surface area contributed by atoms with Gasteiger partial charge in [0, 0.05) is 4.83 Å². The summed E-state index contributed by atoms with van der Waals surface area (Å²) in [6.45, 7) is 3.97. The van der Waals surface area contributed by atoms with E-state index in [1.165, 1.54) is 6.07 Å². The third kappa shape index (κ3) is 5.03. The van der Waals surface area contributed by atoms with Gasteiger partial charge in [-0.1, -0.05) is 28.9 Å². The second-order valence-electron chi connectivity index (χ2n) is 4.20. The number of hydrogen-bond donors (Lipinski definition) is 1. The Labute approximate surface area is 123 Å². The fourth-order valence-corrected chi connectivity index (χ4v) is 1.96. The van der Waals surface area contributed by atoms with Crippen LogP contribution < -0.4 is 10.1 Å². The molecule has 1 rings (SSSR count). The Kier molecular flexibility index (Phi) is 5.86. The quantitative estimate of drug-likeness (QED) is 0.815. The summed E-state index contributed by atoms with van der Waals surface area (Å²) in [6.07, 6.45) is -4.22. The van der Waals surface area contributed by atoms with E-state index in [4.69, 9.17) is 4.74 Å². The van der Waals surface area contributed by atoms with E-state index >= 15 is 0 Å². The summed E-state index contributed by atoms with van der Waals surface area (Å²) < 4.78 is 42.0. The van der Waals surface area contributed by atoms with E-state index in [-0.39, 0.29) is 16.3 Å². The molecule has 1 aromatic rings. The summed E-state index contributed by atoms with van der Waals surface area (Å²) in [6, 6.07) is 4.71. The number of benzene rings is 1. The molecule has 3 nitrogen and oxygen atoms in total. The first-order valence-electron chi connectivity index (χ1n) is 6.02. The molecule has 0 spiro atoms. The van der Waals surface area contributed by atoms with Crippen molar-refractivity contribution in [1.82, 2.24) is 0 Å². The molecule has 1 unspecified atom stereocenters. The maximum atomic E-state index is 12.2. The molecule has 1 atom stereocenters. The minimum absolute atomic E-state index is 0.0140. The van der Waals surface area contributed by atoms with Gasteiger partial charge in [-0.3, -0.25) is 4.79 Å². The largest absolute Gasteiger partial charge is 0.492 e. The van der Waals surface area contributed by atoms with Crippen LogP contribution >= 0.6 is 15.9 Å². The van der Waals surface area contributed by atoms with E-state index in [0.29, 0.717) is 13.0 Å². The summed E-state index contributed by atoms with van der Waals surface area (Å²) in [5.74, 6) is -1.78. The summed E-state index contributed by atoms with van der Waals surface area (Å²) >= 11 is 3.40. The number of hydrogen-bond acceptors (Lipinski definition) is 2. The minimum Gasteiger partial charge on any atom is -0.492 e. The normalized spacial score (nSPS) is 12.9. The maximum Gasteiger partial charge on any atom is 0.471 e. The first-order valence-corrected chi connectivity index (χ1v) is 6.93. The highest BCUT2D eigenvalue weighted by molar-refractivity contribution is 9.09. The van der Waals surface area contributed by atoms with E-state index in [0.717, 1.165) is 5.56 Å². The third-order valence-electron chi connectivity index (χ3n) is 2.37. The van der Waals surface area contributed by atoms with Crippen LogP contribution in [0, 0.1) is 0 Å². The van der Waals surface area contributed by atoms with E-state index in [1.54, 1.807) is 19.1 Å². The van der Waals surface area contributed by atoms with Gasteiger partial charge < -0.3 is 10.1 Å². The van der Waals surface area contributed by atoms with Crippen molar-refractivity contribution in [3.8, 4) is 5.75 Å². The van der Waals surface area contributed by atoms with Gasteiger partial charge in [0.15, 0.2) is 0 Å². The zero-order chi connectivity index (χ0) is 15.3. The molecule has 0 heterocycles. The van der Waals surface area contributed by atoms with Gasteiger partial charge in [0.25, 0.3) is 0 Å². The highest BCUT2D eigenvalue weighted by Crippen LogP contribution is 2.29. The van der Waals surface area contributed by atoms with Crippen LogP contribution in [0.2, 0.25) is 0 Å². The minimum atomic E-state index is -4.92. The van der Waals surface area contributed by atoms with Gasteiger partial charge in [0.1, 0.15) is 5.75 Å². The van der Waals surface area contributed by atoms with Crippen molar-refractivity contribution in [1.29, 1.82) is 0 Å². The lowest BCUT2D eigenvalue weighted by Gasteiger charge is -2.14. The topological polar surface area (TPSA) is 38.3 Å². The Morgan fingerprint density at radius 2 is 2.10 bits per heavy atom. The zero-order valence-corrected chi connectivity index (χ0v) is 12.6. The number of rotatable bonds is 5. The Bertz CT molecular complexity index is 475. The molecule has 0 aliphatic carbocycles. The highest BCUT2D eigenvalue weighted by Gasteiger charge is 2.39. The second kappa shape index (κ2) is 6.97. The number of alkyl halides is 4. The number of halogens is 4. The number of carbonyl (C=O) groups is 1. The van der Waals surface area contributed by atoms with Crippen molar-refractivity contribution >= 4 is 27.5 Å². The lowest BCUT2D eigenvalue weighted by molar-refractivity contribution is -0.167. The second-order valence-corrected chi connectivity index (χ2v) is 5.76. The van der Waals surface area contributed by atoms with Crippen molar-refractivity contribution < 1.29 is 22.7 Å². The molecular formula is C13H15BrF3NO2. The average Bonchev–Trinajstić information content (AvgIpc) is 2.30. The van der Waals surface area contributed by atoms with Gasteiger partial charge in [-0.15, -0.1) is 0 Å². The number of amides is 1. The fourth-order valence-electron chi connectivity index (χ4n) is 1.59. The van der Waals surface area contributed by atoms with Crippen LogP contribution in [0.4, 0.5) is 18.9 Å². The SMILES string of the molecule is CCOc1cc(CC(C)Br)ccc1NC(=O)C(F)(F)F. The van der Waals surface area contributed by atoms with Crippen molar-refractivity contribution in [3.63, 3.8) is 0 Å². The van der Waals surface area contributed by atoms with Gasteiger partial charge in [0.05, 0.1) is 12.3 Å². The molecule has 0 aliphatic heterocycles. The van der Waals surface area contributed by atoms with E-state index < -0.39 is 12.1 Å². The van der Waals surface area contributed by atoms with E-state index in [1.807, 2.05) is 12.2 Å². The molecule has 0 fully saturated rings. The number of ether oxygens (including phenoxy) is 1. The average molecular weight is 354 g/mol. The third-order valence-corrected chi connectivity index (χ3v) is 2.69. The van der Waals surface area contributed by atoms with E-state index in [2.05, 4.69) is 15.9 Å². The van der Waals surface area contributed by atoms with Gasteiger partial charge in [0.2, 0.25) is 0 Å². The number of carbonyl (C=O) groups excluding carboxylic acids is 1. The first-order chi connectivity index (χ1) is 9.24. The predicted octanol–water partition coefficient (Wildman–Crippen LogP) is 3.91. The molecule has 0 aliphatic rings. The van der Waals surface area contributed by atoms with Crippen molar-refractivity contribution in [2.75, 3.05) is 11.9 Å². The highest BCUT2D eigenvalue weighted by atomic mass is 79.9. The standard InChI is InChI=1S/C13H15BrF3NO2/c1-3-20-11-7-9(6-8(2)14)4-5-10(11)18-12(19)13(15,16)17/h4-5,7-8H,3,6H2,1-2H3,(H,18,19). The summed E-state index contributed by atoms with van der Waals surface area (Å²) in [4.78, 5) is 11.2. The molecule has 0 aromatic heterocycles. The van der Waals surface area contributed by atoms with Crippen LogP contribution in [-0.2, 0) is 11.2 Å². The molecule has 112 valence electrons. The molecule has 20 heavy (non-hydrogen) atoms. The lowest BCUT2D eigenvalue weighted by Crippen LogP contribution is -2.30. The smallest absolute Gasteiger partial charge is 0.471 e. The molecule has 1 amide bonds. The summed E-state index contributed by atoms with van der Waals surface area (Å²) in [5, 5.41) is 1.82. The van der Waals surface area contributed by atoms with Crippen LogP contribution in [0.15, 0.2) is 18.2 Å². The number of nitrogens with one attached hydrogen (secondary N) is 1. The Balaban J connectivity index is 2.98. The molecule has 0 saturated carbocycles. The van der Waals surface area contributed by atoms with Crippen molar-refractivity contribution in [3.05, 3.63) is 23.8 Å². The van der Waals surface area contributed by atoms with Crippen molar-refractivity contribution in [2.24, 2.45) is 0 Å². The molecule has 1 aromatic carbocycles. The first kappa shape index (κ1) is 16.8. The molecule has 0 radical (unpaired) electrons. The van der Waals surface area contributed by atoms with Gasteiger partial charge in [-0.2, -0.15) is 13.2 Å². The van der Waals surface area contributed by atoms with Gasteiger partial charge in [-0.25, -0.2) is 0 Å². The Hall–Kier alpha value is -1.24. The van der Waals surface area contributed by atoms with Crippen LogP contribution in [-0.4, -0.2) is 23.5 Å². The molecule has 1 N–H and O–H groups in total. The molecule has 7 heteroatoms.